The van der Waals surface area contributed by atoms with Gasteiger partial charge >= 0.3 is 5.51 Å². The van der Waals surface area contributed by atoms with Crippen LogP contribution in [0.25, 0.3) is 4.13 Å². The third-order valence-electron chi connectivity index (χ3n) is 0.480. The van der Waals surface area contributed by atoms with Crippen LogP contribution >= 0.6 is 0 Å². The summed E-state index contributed by atoms with van der Waals surface area (Å²) in [6, 6.07) is 0. The monoisotopic (exact) mass is 230 g/mol. The molecule has 0 unspecified atom stereocenters. The summed E-state index contributed by atoms with van der Waals surface area (Å²) in [6.45, 7) is 0. The highest BCUT2D eigenvalue weighted by Gasteiger charge is 2.40. The number of sulfonamides is 1. The van der Waals surface area contributed by atoms with Crippen LogP contribution in [0, 0.1) is 0 Å². The zero-order valence-electron chi connectivity index (χ0n) is 4.91. The molecule has 0 fully saturated rings. The number of hydrogen-bond acceptors (Lipinski definition) is 4. The molecule has 0 spiro atoms. The Hall–Kier alpha value is -0.420. The molecule has 11 heteroatoms. The van der Waals surface area contributed by atoms with Gasteiger partial charge in [0.25, 0.3) is 0 Å². The van der Waals surface area contributed by atoms with Crippen molar-refractivity contribution >= 4 is 20.4 Å². The maximum atomic E-state index is 11.3. The lowest BCUT2D eigenvalue weighted by molar-refractivity contribution is -0.0425. The molecule has 0 atom stereocenters. The van der Waals surface area contributed by atoms with Gasteiger partial charge in [-0.15, -0.1) is 3.89 Å². The van der Waals surface area contributed by atoms with Gasteiger partial charge in [0, 0.05) is 0 Å². The maximum Gasteiger partial charge on any atom is 0.480 e. The largest absolute Gasteiger partial charge is 0.480 e. The molecular weight excluding hydrogens is 230 g/mol. The van der Waals surface area contributed by atoms with Crippen LogP contribution in [0.2, 0.25) is 0 Å². The predicted octanol–water partition coefficient (Wildman–Crippen LogP) is 0.424. The lowest BCUT2D eigenvalue weighted by atomic mass is 11.6. The molecule has 0 N–H and O–H groups in total. The molecule has 0 amide bonds. The molecule has 0 aromatic heterocycles. The van der Waals surface area contributed by atoms with Crippen LogP contribution in [0.3, 0.4) is 0 Å². The van der Waals surface area contributed by atoms with Crippen molar-refractivity contribution < 1.29 is 33.9 Å². The number of hydrogen-bond donors (Lipinski definition) is 0. The van der Waals surface area contributed by atoms with Gasteiger partial charge in [0.2, 0.25) is 10.4 Å². The average molecular weight is 230 g/mol. The minimum atomic E-state index is -6.29. The summed E-state index contributed by atoms with van der Waals surface area (Å²) in [5.74, 6) is 0. The molecule has 0 saturated carbocycles. The van der Waals surface area contributed by atoms with Gasteiger partial charge in [-0.2, -0.15) is 13.2 Å². The molecule has 0 bridgehead atoms. The van der Waals surface area contributed by atoms with E-state index < -0.39 is 25.9 Å². The molecule has 0 radical (unpaired) electrons. The summed E-state index contributed by atoms with van der Waals surface area (Å²) >= 11 is 0. The molecule has 74 valence electrons. The van der Waals surface area contributed by atoms with Gasteiger partial charge in [0.15, 0.2) is 10.0 Å². The standard InChI is InChI=1S/CF4NO4S2/c2-1(3,4)11(7,8)6-12(5,9)10/q-1. The smallest absolute Gasteiger partial charge is 0.400 e. The molecule has 0 aromatic carbocycles. The Morgan fingerprint density at radius 1 is 1.00 bits per heavy atom. The number of nitrogens with zero attached hydrogens (tertiary/aromatic N) is 1. The lowest BCUT2D eigenvalue weighted by Crippen LogP contribution is -2.23. The fourth-order valence-electron chi connectivity index (χ4n) is 0.159. The van der Waals surface area contributed by atoms with E-state index in [-0.39, 0.29) is 0 Å². The van der Waals surface area contributed by atoms with Crippen molar-refractivity contribution in [3.63, 3.8) is 0 Å². The van der Waals surface area contributed by atoms with Gasteiger partial charge in [-0.1, -0.05) is 0 Å². The molecule has 0 aliphatic carbocycles. The Kier molecular flexibility index (Phi) is 2.71. The van der Waals surface area contributed by atoms with E-state index in [1.807, 2.05) is 0 Å². The summed E-state index contributed by atoms with van der Waals surface area (Å²) in [5, 5.41) is 0. The summed E-state index contributed by atoms with van der Waals surface area (Å²) < 4.78 is 84.3. The minimum Gasteiger partial charge on any atom is -0.400 e. The molecular formula is CF4NO4S2-. The molecule has 0 aliphatic heterocycles. The van der Waals surface area contributed by atoms with Crippen molar-refractivity contribution in [3.05, 3.63) is 4.13 Å². The van der Waals surface area contributed by atoms with E-state index >= 15 is 0 Å². The molecule has 0 saturated heterocycles. The Balaban J connectivity index is 4.96. The third kappa shape index (κ3) is 3.32. The van der Waals surface area contributed by atoms with E-state index in [0.29, 0.717) is 0 Å². The molecule has 0 heterocycles. The molecule has 0 aliphatic rings. The minimum absolute atomic E-state index is 0.965. The van der Waals surface area contributed by atoms with Gasteiger partial charge in [0.1, 0.15) is 0 Å². The van der Waals surface area contributed by atoms with E-state index in [2.05, 4.69) is 0 Å². The normalized spacial score (nSPS) is 14.7. The first-order valence-electron chi connectivity index (χ1n) is 1.96. The zero-order valence-corrected chi connectivity index (χ0v) is 6.54. The zero-order chi connectivity index (χ0) is 10.2. The number of rotatable bonds is 2. The molecule has 12 heavy (non-hydrogen) atoms. The quantitative estimate of drug-likeness (QED) is 0.508. The average Bonchev–Trinajstić information content (AvgIpc) is 1.52. The lowest BCUT2D eigenvalue weighted by Gasteiger charge is -2.16. The first-order valence-corrected chi connectivity index (χ1v) is 4.74. The van der Waals surface area contributed by atoms with Crippen LogP contribution in [0.4, 0.5) is 17.1 Å². The van der Waals surface area contributed by atoms with Crippen molar-refractivity contribution in [1.29, 1.82) is 0 Å². The first-order chi connectivity index (χ1) is 4.96. The second kappa shape index (κ2) is 2.81. The first kappa shape index (κ1) is 11.6. The van der Waals surface area contributed by atoms with Crippen molar-refractivity contribution in [3.8, 4) is 0 Å². The van der Waals surface area contributed by atoms with Crippen LogP contribution < -0.4 is 0 Å². The summed E-state index contributed by atoms with van der Waals surface area (Å²) in [4.78, 5) is 0. The van der Waals surface area contributed by atoms with Crippen LogP contribution in [-0.2, 0) is 20.4 Å². The van der Waals surface area contributed by atoms with Crippen LogP contribution in [0.5, 0.6) is 0 Å². The van der Waals surface area contributed by atoms with Crippen molar-refractivity contribution in [2.24, 2.45) is 0 Å². The van der Waals surface area contributed by atoms with Crippen molar-refractivity contribution in [2.45, 2.75) is 5.51 Å². The van der Waals surface area contributed by atoms with Gasteiger partial charge in [-0.3, -0.25) is 0 Å². The molecule has 0 rings (SSSR count). The summed E-state index contributed by atoms with van der Waals surface area (Å²) in [5.41, 5.74) is -5.91. The van der Waals surface area contributed by atoms with Crippen LogP contribution in [-0.4, -0.2) is 22.3 Å². The van der Waals surface area contributed by atoms with Crippen LogP contribution in [0.1, 0.15) is 0 Å². The second-order valence-corrected chi connectivity index (χ2v) is 4.24. The van der Waals surface area contributed by atoms with Crippen molar-refractivity contribution in [1.82, 2.24) is 0 Å². The van der Waals surface area contributed by atoms with E-state index in [1.54, 1.807) is 0 Å². The maximum absolute atomic E-state index is 11.3. The topological polar surface area (TPSA) is 82.4 Å². The van der Waals surface area contributed by atoms with Gasteiger partial charge in [-0.05, 0) is 0 Å². The Morgan fingerprint density at radius 3 is 1.42 bits per heavy atom. The van der Waals surface area contributed by atoms with Gasteiger partial charge < -0.3 is 4.13 Å². The Labute approximate surface area is 64.8 Å². The number of halogens is 4. The highest BCUT2D eigenvalue weighted by Crippen LogP contribution is 2.29. The van der Waals surface area contributed by atoms with E-state index in [9.17, 15) is 33.9 Å². The molecule has 0 aromatic rings. The van der Waals surface area contributed by atoms with Crippen molar-refractivity contribution in [2.75, 3.05) is 0 Å². The fourth-order valence-corrected chi connectivity index (χ4v) is 1.44. The van der Waals surface area contributed by atoms with E-state index in [0.717, 1.165) is 4.13 Å². The number of alkyl halides is 3. The van der Waals surface area contributed by atoms with Gasteiger partial charge in [0.05, 0.1) is 0 Å². The molecule has 5 nitrogen and oxygen atoms in total. The SMILES string of the molecule is O=S(=O)(F)[N-]S(=O)(=O)C(F)(F)F. The highest BCUT2D eigenvalue weighted by molar-refractivity contribution is 8.10. The summed E-state index contributed by atoms with van der Waals surface area (Å²) in [7, 11) is -12.3. The third-order valence-corrected chi connectivity index (χ3v) is 2.56. The van der Waals surface area contributed by atoms with E-state index in [1.165, 1.54) is 0 Å². The Morgan fingerprint density at radius 2 is 1.33 bits per heavy atom. The summed E-state index contributed by atoms with van der Waals surface area (Å²) in [6.07, 6.45) is 0. The van der Waals surface area contributed by atoms with E-state index in [4.69, 9.17) is 0 Å². The highest BCUT2D eigenvalue weighted by atomic mass is 32.3. The Bertz CT molecular complexity index is 349. The van der Waals surface area contributed by atoms with Crippen LogP contribution in [0.15, 0.2) is 0 Å². The predicted molar refractivity (Wildman–Crippen MR) is 28.4 cm³/mol. The van der Waals surface area contributed by atoms with Gasteiger partial charge in [-0.25, -0.2) is 16.8 Å². The fraction of sp³-hybridized carbons (Fsp3) is 1.00. The second-order valence-electron chi connectivity index (χ2n) is 1.41.